The van der Waals surface area contributed by atoms with E-state index in [1.54, 1.807) is 28.9 Å². The highest BCUT2D eigenvalue weighted by Gasteiger charge is 2.18. The van der Waals surface area contributed by atoms with Gasteiger partial charge in [-0.2, -0.15) is 4.68 Å². The Kier molecular flexibility index (Phi) is 4.57. The van der Waals surface area contributed by atoms with E-state index < -0.39 is 0 Å². The highest BCUT2D eigenvalue weighted by molar-refractivity contribution is 7.99. The maximum Gasteiger partial charge on any atom is 0.230 e. The van der Waals surface area contributed by atoms with Gasteiger partial charge in [0.25, 0.3) is 0 Å². The smallest absolute Gasteiger partial charge is 0.230 e. The van der Waals surface area contributed by atoms with E-state index in [4.69, 9.17) is 0 Å². The molecule has 2 N–H and O–H groups in total. The van der Waals surface area contributed by atoms with Crippen molar-refractivity contribution >= 4 is 17.7 Å². The summed E-state index contributed by atoms with van der Waals surface area (Å²) in [5.74, 6) is 0.480. The van der Waals surface area contributed by atoms with Gasteiger partial charge in [-0.05, 0) is 47.5 Å². The minimum Gasteiger partial charge on any atom is -0.508 e. The van der Waals surface area contributed by atoms with Crippen molar-refractivity contribution in [1.29, 1.82) is 0 Å². The summed E-state index contributed by atoms with van der Waals surface area (Å²) in [6, 6.07) is 6.89. The number of rotatable bonds is 5. The third-order valence-electron chi connectivity index (χ3n) is 3.59. The lowest BCUT2D eigenvalue weighted by Crippen LogP contribution is -2.33. The number of carbonyl (C=O) groups is 1. The lowest BCUT2D eigenvalue weighted by Gasteiger charge is -2.11. The maximum atomic E-state index is 11.9. The van der Waals surface area contributed by atoms with Gasteiger partial charge in [-0.15, -0.1) is 5.10 Å². The van der Waals surface area contributed by atoms with E-state index in [1.807, 2.05) is 0 Å². The molecule has 1 amide bonds. The first-order valence-corrected chi connectivity index (χ1v) is 8.21. The summed E-state index contributed by atoms with van der Waals surface area (Å²) >= 11 is 1.30. The Morgan fingerprint density at radius 1 is 1.32 bits per heavy atom. The lowest BCUT2D eigenvalue weighted by molar-refractivity contribution is -0.119. The van der Waals surface area contributed by atoms with Crippen molar-refractivity contribution in [3.05, 3.63) is 24.3 Å². The van der Waals surface area contributed by atoms with Crippen molar-refractivity contribution in [2.75, 3.05) is 5.75 Å². The SMILES string of the molecule is O=C(CSc1nnnn1-c1ccc(O)cc1)NC1CCCC1. The summed E-state index contributed by atoms with van der Waals surface area (Å²) in [5, 5.41) is 24.4. The third kappa shape index (κ3) is 3.56. The third-order valence-corrected chi connectivity index (χ3v) is 4.51. The molecule has 8 heteroatoms. The van der Waals surface area contributed by atoms with Crippen LogP contribution in [0.2, 0.25) is 0 Å². The van der Waals surface area contributed by atoms with Crippen LogP contribution in [0.3, 0.4) is 0 Å². The van der Waals surface area contributed by atoms with Crippen LogP contribution in [0, 0.1) is 0 Å². The topological polar surface area (TPSA) is 92.9 Å². The highest BCUT2D eigenvalue weighted by atomic mass is 32.2. The zero-order valence-corrected chi connectivity index (χ0v) is 12.8. The minimum absolute atomic E-state index is 0.0113. The Bertz CT molecular complexity index is 637. The van der Waals surface area contributed by atoms with Gasteiger partial charge in [0.2, 0.25) is 11.1 Å². The molecule has 1 aromatic carbocycles. The normalized spacial score (nSPS) is 15.1. The second-order valence-corrected chi connectivity index (χ2v) is 6.17. The highest BCUT2D eigenvalue weighted by Crippen LogP contribution is 2.21. The van der Waals surface area contributed by atoms with Crippen LogP contribution in [0.4, 0.5) is 0 Å². The summed E-state index contributed by atoms with van der Waals surface area (Å²) in [5.41, 5.74) is 0.738. The van der Waals surface area contributed by atoms with Gasteiger partial charge in [0.15, 0.2) is 0 Å². The summed E-state index contributed by atoms with van der Waals surface area (Å²) in [7, 11) is 0. The number of phenols is 1. The number of hydrogen-bond acceptors (Lipinski definition) is 6. The van der Waals surface area contributed by atoms with E-state index in [9.17, 15) is 9.90 Å². The molecule has 1 aromatic heterocycles. The largest absolute Gasteiger partial charge is 0.508 e. The summed E-state index contributed by atoms with van der Waals surface area (Å²) in [6.45, 7) is 0. The molecule has 116 valence electrons. The van der Waals surface area contributed by atoms with Gasteiger partial charge in [-0.1, -0.05) is 24.6 Å². The molecule has 0 unspecified atom stereocenters. The monoisotopic (exact) mass is 319 g/mol. The average Bonchev–Trinajstić information content (AvgIpc) is 3.17. The number of aromatic hydroxyl groups is 1. The van der Waals surface area contributed by atoms with Crippen molar-refractivity contribution in [2.45, 2.75) is 36.9 Å². The number of hydrogen-bond donors (Lipinski definition) is 2. The van der Waals surface area contributed by atoms with Crippen LogP contribution >= 0.6 is 11.8 Å². The number of aromatic nitrogens is 4. The van der Waals surface area contributed by atoms with Crippen LogP contribution < -0.4 is 5.32 Å². The minimum atomic E-state index is 0.0113. The fourth-order valence-corrected chi connectivity index (χ4v) is 3.20. The number of benzene rings is 1. The lowest BCUT2D eigenvalue weighted by atomic mass is 10.2. The Labute approximate surface area is 132 Å². The van der Waals surface area contributed by atoms with E-state index >= 15 is 0 Å². The molecular weight excluding hydrogens is 302 g/mol. The second-order valence-electron chi connectivity index (χ2n) is 5.23. The fraction of sp³-hybridized carbons (Fsp3) is 0.429. The first kappa shape index (κ1) is 14.8. The van der Waals surface area contributed by atoms with Crippen LogP contribution in [0.5, 0.6) is 5.75 Å². The van der Waals surface area contributed by atoms with E-state index in [2.05, 4.69) is 20.8 Å². The predicted molar refractivity (Wildman–Crippen MR) is 81.9 cm³/mol. The van der Waals surface area contributed by atoms with Crippen molar-refractivity contribution < 1.29 is 9.90 Å². The number of nitrogens with one attached hydrogen (secondary N) is 1. The fourth-order valence-electron chi connectivity index (χ4n) is 2.49. The molecule has 0 atom stereocenters. The molecule has 1 fully saturated rings. The Balaban J connectivity index is 1.60. The zero-order chi connectivity index (χ0) is 15.4. The summed E-state index contributed by atoms with van der Waals surface area (Å²) in [6.07, 6.45) is 4.53. The molecule has 0 bridgehead atoms. The first-order chi connectivity index (χ1) is 10.7. The molecule has 1 aliphatic carbocycles. The van der Waals surface area contributed by atoms with E-state index in [0.717, 1.165) is 18.5 Å². The van der Waals surface area contributed by atoms with Crippen LogP contribution in [0.15, 0.2) is 29.4 Å². The van der Waals surface area contributed by atoms with Crippen molar-refractivity contribution in [2.24, 2.45) is 0 Å². The number of phenolic OH excluding ortho intramolecular Hbond substituents is 1. The standard InChI is InChI=1S/C14H17N5O2S/c20-12-7-5-11(6-8-12)19-14(16-17-18-19)22-9-13(21)15-10-3-1-2-4-10/h5-8,10,20H,1-4,9H2,(H,15,21). The number of nitrogens with zero attached hydrogens (tertiary/aromatic N) is 4. The second kappa shape index (κ2) is 6.78. The van der Waals surface area contributed by atoms with E-state index in [1.165, 1.54) is 24.6 Å². The van der Waals surface area contributed by atoms with Gasteiger partial charge >= 0.3 is 0 Å². The van der Waals surface area contributed by atoms with Crippen LogP contribution in [-0.4, -0.2) is 43.0 Å². The quantitative estimate of drug-likeness (QED) is 0.812. The number of carbonyl (C=O) groups excluding carboxylic acids is 1. The molecule has 1 aliphatic rings. The molecule has 1 saturated carbocycles. The molecule has 0 radical (unpaired) electrons. The average molecular weight is 319 g/mol. The van der Waals surface area contributed by atoms with Gasteiger partial charge in [0.05, 0.1) is 11.4 Å². The van der Waals surface area contributed by atoms with E-state index in [0.29, 0.717) is 11.2 Å². The molecule has 2 aromatic rings. The number of thioether (sulfide) groups is 1. The van der Waals surface area contributed by atoms with Gasteiger partial charge in [0.1, 0.15) is 5.75 Å². The van der Waals surface area contributed by atoms with Gasteiger partial charge < -0.3 is 10.4 Å². The number of tetrazole rings is 1. The van der Waals surface area contributed by atoms with Crippen LogP contribution in [0.1, 0.15) is 25.7 Å². The molecule has 3 rings (SSSR count). The Hall–Kier alpha value is -2.09. The Morgan fingerprint density at radius 2 is 2.05 bits per heavy atom. The molecular formula is C14H17N5O2S. The predicted octanol–water partition coefficient (Wildman–Crippen LogP) is 1.52. The van der Waals surface area contributed by atoms with Crippen LogP contribution in [-0.2, 0) is 4.79 Å². The van der Waals surface area contributed by atoms with Crippen LogP contribution in [0.25, 0.3) is 5.69 Å². The molecule has 1 heterocycles. The summed E-state index contributed by atoms with van der Waals surface area (Å²) < 4.78 is 1.55. The molecule has 22 heavy (non-hydrogen) atoms. The molecule has 7 nitrogen and oxygen atoms in total. The maximum absolute atomic E-state index is 11.9. The van der Waals surface area contributed by atoms with Gasteiger partial charge in [-0.3, -0.25) is 4.79 Å². The van der Waals surface area contributed by atoms with Crippen molar-refractivity contribution in [3.63, 3.8) is 0 Å². The van der Waals surface area contributed by atoms with Crippen molar-refractivity contribution in [1.82, 2.24) is 25.5 Å². The zero-order valence-electron chi connectivity index (χ0n) is 12.0. The van der Waals surface area contributed by atoms with Gasteiger partial charge in [-0.25, -0.2) is 0 Å². The Morgan fingerprint density at radius 3 is 2.77 bits per heavy atom. The molecule has 0 saturated heterocycles. The molecule has 0 spiro atoms. The van der Waals surface area contributed by atoms with Crippen molar-refractivity contribution in [3.8, 4) is 11.4 Å². The molecule has 0 aliphatic heterocycles. The first-order valence-electron chi connectivity index (χ1n) is 7.22. The summed E-state index contributed by atoms with van der Waals surface area (Å²) in [4.78, 5) is 11.9. The number of amides is 1. The van der Waals surface area contributed by atoms with Gasteiger partial charge in [0, 0.05) is 6.04 Å². The van der Waals surface area contributed by atoms with E-state index in [-0.39, 0.29) is 17.4 Å².